The molecular weight excluding hydrogens is 311 g/mol. The highest BCUT2D eigenvalue weighted by Gasteiger charge is 2.30. The van der Waals surface area contributed by atoms with Crippen LogP contribution in [0.25, 0.3) is 0 Å². The van der Waals surface area contributed by atoms with Gasteiger partial charge in [0.25, 0.3) is 0 Å². The summed E-state index contributed by atoms with van der Waals surface area (Å²) in [6.45, 7) is 5.79. The maximum atomic E-state index is 13.6. The minimum Gasteiger partial charge on any atom is -0.389 e. The molecule has 0 amide bonds. The molecule has 0 unspecified atom stereocenters. The number of hydrogen-bond acceptors (Lipinski definition) is 3. The van der Waals surface area contributed by atoms with Crippen molar-refractivity contribution < 1.29 is 12.8 Å². The Morgan fingerprint density at radius 1 is 1.29 bits per heavy atom. The summed E-state index contributed by atoms with van der Waals surface area (Å²) in [6.07, 6.45) is 2.01. The lowest BCUT2D eigenvalue weighted by atomic mass is 9.91. The van der Waals surface area contributed by atoms with Crippen LogP contribution in [0.4, 0.5) is 4.39 Å². The van der Waals surface area contributed by atoms with Crippen LogP contribution in [0.5, 0.6) is 0 Å². The average molecular weight is 332 g/mol. The number of nitrogens with two attached hydrogens (primary N) is 1. The molecule has 0 saturated heterocycles. The van der Waals surface area contributed by atoms with Crippen LogP contribution in [0.3, 0.4) is 0 Å². The Labute approximate surface area is 131 Å². The average Bonchev–Trinajstić information content (AvgIpc) is 2.44. The van der Waals surface area contributed by atoms with E-state index in [0.717, 1.165) is 6.07 Å². The fourth-order valence-corrected chi connectivity index (χ4v) is 3.97. The van der Waals surface area contributed by atoms with Crippen LogP contribution in [0.15, 0.2) is 23.1 Å². The number of rotatable bonds is 7. The smallest absolute Gasteiger partial charge is 0.241 e. The molecule has 0 bridgehead atoms. The third kappa shape index (κ3) is 3.99. The molecule has 0 heterocycles. The molecule has 7 heteroatoms. The molecule has 4 nitrogen and oxygen atoms in total. The molecule has 0 spiro atoms. The summed E-state index contributed by atoms with van der Waals surface area (Å²) in [4.78, 5) is -0.205. The van der Waals surface area contributed by atoms with E-state index in [1.165, 1.54) is 12.1 Å². The van der Waals surface area contributed by atoms with Gasteiger partial charge in [-0.1, -0.05) is 33.0 Å². The van der Waals surface area contributed by atoms with Crippen LogP contribution in [0, 0.1) is 5.82 Å². The van der Waals surface area contributed by atoms with E-state index in [0.29, 0.717) is 19.3 Å². The lowest BCUT2D eigenvalue weighted by Crippen LogP contribution is -2.47. The monoisotopic (exact) mass is 332 g/mol. The molecule has 0 aromatic heterocycles. The zero-order valence-corrected chi connectivity index (χ0v) is 14.1. The summed E-state index contributed by atoms with van der Waals surface area (Å²) in [7, 11) is -3.76. The Hall–Kier alpha value is -1.05. The van der Waals surface area contributed by atoms with Crippen molar-refractivity contribution in [3.8, 4) is 0 Å². The van der Waals surface area contributed by atoms with E-state index in [-0.39, 0.29) is 15.4 Å². The molecular formula is C14H21FN2O2S2. The third-order valence-electron chi connectivity index (χ3n) is 3.89. The van der Waals surface area contributed by atoms with Crippen LogP contribution in [0.1, 0.15) is 45.6 Å². The molecule has 0 aliphatic carbocycles. The minimum absolute atomic E-state index is 0.0357. The number of thiocarbonyl (C=S) groups is 1. The first-order valence-corrected chi connectivity index (χ1v) is 8.73. The molecule has 3 N–H and O–H groups in total. The molecule has 1 aromatic carbocycles. The highest BCUT2D eigenvalue weighted by Crippen LogP contribution is 2.24. The molecule has 0 aliphatic rings. The second-order valence-corrected chi connectivity index (χ2v) is 7.07. The summed E-state index contributed by atoms with van der Waals surface area (Å²) >= 11 is 4.73. The predicted molar refractivity (Wildman–Crippen MR) is 86.2 cm³/mol. The van der Waals surface area contributed by atoms with Gasteiger partial charge in [-0.3, -0.25) is 0 Å². The van der Waals surface area contributed by atoms with Gasteiger partial charge in [0.05, 0.1) is 4.90 Å². The predicted octanol–water partition coefficient (Wildman–Crippen LogP) is 2.71. The highest BCUT2D eigenvalue weighted by atomic mass is 32.2. The maximum Gasteiger partial charge on any atom is 0.241 e. The third-order valence-corrected chi connectivity index (χ3v) is 5.69. The zero-order chi connectivity index (χ0) is 16.3. The molecule has 1 rings (SSSR count). The second-order valence-electron chi connectivity index (χ2n) is 4.95. The van der Waals surface area contributed by atoms with Crippen molar-refractivity contribution in [2.24, 2.45) is 5.73 Å². The van der Waals surface area contributed by atoms with Crippen LogP contribution >= 0.6 is 12.2 Å². The fraction of sp³-hybridized carbons (Fsp3) is 0.500. The van der Waals surface area contributed by atoms with Gasteiger partial charge in [0, 0.05) is 11.1 Å². The first kappa shape index (κ1) is 18.0. The van der Waals surface area contributed by atoms with Gasteiger partial charge in [0.15, 0.2) is 0 Å². The van der Waals surface area contributed by atoms with Crippen molar-refractivity contribution in [1.29, 1.82) is 0 Å². The molecule has 0 fully saturated rings. The Morgan fingerprint density at radius 2 is 1.81 bits per heavy atom. The van der Waals surface area contributed by atoms with Gasteiger partial charge in [-0.15, -0.1) is 0 Å². The SMILES string of the molecule is CCC(CC)(CC)NS(=O)(=O)c1ccc(F)c(C(N)=S)c1. The molecule has 118 valence electrons. The van der Waals surface area contributed by atoms with Gasteiger partial charge >= 0.3 is 0 Å². The standard InChI is InChI=1S/C14H21FN2O2S2/c1-4-14(5-2,6-3)17-21(18,19)10-7-8-12(15)11(9-10)13(16)20/h7-9,17H,4-6H2,1-3H3,(H2,16,20). The van der Waals surface area contributed by atoms with E-state index in [9.17, 15) is 12.8 Å². The van der Waals surface area contributed by atoms with Crippen molar-refractivity contribution in [2.45, 2.75) is 50.5 Å². The molecule has 0 aliphatic heterocycles. The van der Waals surface area contributed by atoms with E-state index in [1.54, 1.807) is 0 Å². The lowest BCUT2D eigenvalue weighted by Gasteiger charge is -2.31. The van der Waals surface area contributed by atoms with Crippen LogP contribution < -0.4 is 10.5 Å². The summed E-state index contributed by atoms with van der Waals surface area (Å²) in [5.41, 5.74) is 4.84. The molecule has 1 aromatic rings. The Kier molecular flexibility index (Phi) is 5.83. The molecule has 0 radical (unpaired) electrons. The van der Waals surface area contributed by atoms with Crippen LogP contribution in [0.2, 0.25) is 0 Å². The summed E-state index contributed by atoms with van der Waals surface area (Å²) in [6, 6.07) is 3.45. The minimum atomic E-state index is -3.76. The second kappa shape index (κ2) is 6.81. The van der Waals surface area contributed by atoms with Crippen molar-refractivity contribution in [3.63, 3.8) is 0 Å². The van der Waals surface area contributed by atoms with Crippen LogP contribution in [-0.2, 0) is 10.0 Å². The number of sulfonamides is 1. The largest absolute Gasteiger partial charge is 0.389 e. The lowest BCUT2D eigenvalue weighted by molar-refractivity contribution is 0.341. The van der Waals surface area contributed by atoms with E-state index in [2.05, 4.69) is 4.72 Å². The van der Waals surface area contributed by atoms with E-state index in [1.807, 2.05) is 20.8 Å². The molecule has 0 atom stereocenters. The topological polar surface area (TPSA) is 72.2 Å². The van der Waals surface area contributed by atoms with Crippen molar-refractivity contribution in [1.82, 2.24) is 4.72 Å². The van der Waals surface area contributed by atoms with Crippen molar-refractivity contribution in [3.05, 3.63) is 29.6 Å². The van der Waals surface area contributed by atoms with E-state index >= 15 is 0 Å². The summed E-state index contributed by atoms with van der Waals surface area (Å²) in [5, 5.41) is 0. The van der Waals surface area contributed by atoms with E-state index < -0.39 is 21.4 Å². The fourth-order valence-electron chi connectivity index (χ4n) is 2.17. The first-order valence-electron chi connectivity index (χ1n) is 6.84. The molecule has 21 heavy (non-hydrogen) atoms. The summed E-state index contributed by atoms with van der Waals surface area (Å²) < 4.78 is 41.3. The van der Waals surface area contributed by atoms with Gasteiger partial charge in [-0.05, 0) is 37.5 Å². The highest BCUT2D eigenvalue weighted by molar-refractivity contribution is 7.89. The number of nitrogens with one attached hydrogen (secondary N) is 1. The van der Waals surface area contributed by atoms with Crippen molar-refractivity contribution >= 4 is 27.2 Å². The zero-order valence-electron chi connectivity index (χ0n) is 12.4. The number of hydrogen-bond donors (Lipinski definition) is 2. The maximum absolute atomic E-state index is 13.6. The normalized spacial score (nSPS) is 12.4. The van der Waals surface area contributed by atoms with Gasteiger partial charge in [0.2, 0.25) is 10.0 Å². The van der Waals surface area contributed by atoms with Gasteiger partial charge in [-0.2, -0.15) is 0 Å². The van der Waals surface area contributed by atoms with Crippen LogP contribution in [-0.4, -0.2) is 18.9 Å². The number of halogens is 1. The molecule has 0 saturated carbocycles. The Balaban J connectivity index is 3.26. The summed E-state index contributed by atoms with van der Waals surface area (Å²) in [5.74, 6) is -0.630. The quantitative estimate of drug-likeness (QED) is 0.753. The number of benzene rings is 1. The van der Waals surface area contributed by atoms with E-state index in [4.69, 9.17) is 18.0 Å². The van der Waals surface area contributed by atoms with Crippen molar-refractivity contribution in [2.75, 3.05) is 0 Å². The first-order chi connectivity index (χ1) is 9.71. The Bertz CT molecular complexity index is 618. The van der Waals surface area contributed by atoms with Gasteiger partial charge in [-0.25, -0.2) is 17.5 Å². The Morgan fingerprint density at radius 3 is 2.24 bits per heavy atom. The van der Waals surface area contributed by atoms with Gasteiger partial charge in [0.1, 0.15) is 10.8 Å². The van der Waals surface area contributed by atoms with Gasteiger partial charge < -0.3 is 5.73 Å².